The van der Waals surface area contributed by atoms with Crippen LogP contribution in [0.25, 0.3) is 10.9 Å². The smallest absolute Gasteiger partial charge is 0.239 e. The molecule has 7 nitrogen and oxygen atoms in total. The van der Waals surface area contributed by atoms with Gasteiger partial charge in [0.2, 0.25) is 11.8 Å². The third-order valence-corrected chi connectivity index (χ3v) is 3.35. The first kappa shape index (κ1) is 16.7. The van der Waals surface area contributed by atoms with Gasteiger partial charge in [-0.25, -0.2) is 4.98 Å². The summed E-state index contributed by atoms with van der Waals surface area (Å²) in [4.78, 5) is 29.3. The molecule has 0 fully saturated rings. The number of rotatable bonds is 6. The molecule has 122 valence electrons. The predicted molar refractivity (Wildman–Crippen MR) is 90.0 cm³/mol. The van der Waals surface area contributed by atoms with Crippen LogP contribution < -0.4 is 21.3 Å². The summed E-state index contributed by atoms with van der Waals surface area (Å²) in [6.45, 7) is 0.148. The lowest BCUT2D eigenvalue weighted by molar-refractivity contribution is -0.125. The van der Waals surface area contributed by atoms with E-state index < -0.39 is 0 Å². The van der Waals surface area contributed by atoms with Gasteiger partial charge in [-0.1, -0.05) is 18.2 Å². The zero-order valence-corrected chi connectivity index (χ0v) is 13.3. The number of benzene rings is 1. The highest BCUT2D eigenvalue weighted by Gasteiger charge is 2.09. The van der Waals surface area contributed by atoms with E-state index in [2.05, 4.69) is 15.6 Å². The molecule has 0 saturated heterocycles. The second-order valence-corrected chi connectivity index (χ2v) is 5.31. The van der Waals surface area contributed by atoms with Crippen molar-refractivity contribution < 1.29 is 9.59 Å². The molecule has 0 saturated carbocycles. The van der Waals surface area contributed by atoms with E-state index in [-0.39, 0.29) is 24.9 Å². The average molecular weight is 315 g/mol. The summed E-state index contributed by atoms with van der Waals surface area (Å²) >= 11 is 0. The molecule has 0 atom stereocenters. The molecule has 0 aliphatic heterocycles. The summed E-state index contributed by atoms with van der Waals surface area (Å²) < 4.78 is 0. The first-order valence-electron chi connectivity index (χ1n) is 7.30. The Morgan fingerprint density at radius 1 is 1.17 bits per heavy atom. The van der Waals surface area contributed by atoms with E-state index in [0.29, 0.717) is 6.54 Å². The molecule has 0 aliphatic carbocycles. The normalized spacial score (nSPS) is 10.4. The van der Waals surface area contributed by atoms with Gasteiger partial charge in [0.15, 0.2) is 0 Å². The van der Waals surface area contributed by atoms with Gasteiger partial charge in [0.05, 0.1) is 18.6 Å². The van der Waals surface area contributed by atoms with Gasteiger partial charge in [0.25, 0.3) is 0 Å². The van der Waals surface area contributed by atoms with Gasteiger partial charge in [-0.05, 0) is 17.7 Å². The molecule has 4 N–H and O–H groups in total. The number of nitrogens with two attached hydrogens (primary N) is 1. The predicted octanol–water partition coefficient (Wildman–Crippen LogP) is -0.00810. The number of anilines is 1. The van der Waals surface area contributed by atoms with Gasteiger partial charge in [0, 0.05) is 26.0 Å². The van der Waals surface area contributed by atoms with Crippen molar-refractivity contribution in [1.82, 2.24) is 15.6 Å². The van der Waals surface area contributed by atoms with Gasteiger partial charge >= 0.3 is 0 Å². The van der Waals surface area contributed by atoms with Crippen molar-refractivity contribution in [2.24, 2.45) is 5.73 Å². The first-order chi connectivity index (χ1) is 11.0. The summed E-state index contributed by atoms with van der Waals surface area (Å²) in [6.07, 6.45) is 0. The maximum Gasteiger partial charge on any atom is 0.239 e. The molecule has 0 aliphatic rings. The van der Waals surface area contributed by atoms with Crippen LogP contribution in [0, 0.1) is 0 Å². The minimum absolute atomic E-state index is 0.0837. The van der Waals surface area contributed by atoms with Crippen molar-refractivity contribution in [1.29, 1.82) is 0 Å². The number of hydrogen-bond acceptors (Lipinski definition) is 5. The van der Waals surface area contributed by atoms with Crippen molar-refractivity contribution in [2.45, 2.75) is 6.54 Å². The Morgan fingerprint density at radius 2 is 1.91 bits per heavy atom. The Labute approximate surface area is 134 Å². The fourth-order valence-corrected chi connectivity index (χ4v) is 2.11. The van der Waals surface area contributed by atoms with E-state index in [4.69, 9.17) is 5.73 Å². The Hall–Kier alpha value is -2.67. The van der Waals surface area contributed by atoms with Gasteiger partial charge in [-0.2, -0.15) is 0 Å². The largest absolute Gasteiger partial charge is 0.363 e. The highest BCUT2D eigenvalue weighted by atomic mass is 16.2. The second kappa shape index (κ2) is 7.55. The topological polar surface area (TPSA) is 100 Å². The van der Waals surface area contributed by atoms with Crippen LogP contribution >= 0.6 is 0 Å². The molecular weight excluding hydrogens is 294 g/mol. The molecular formula is C16H21N5O2. The molecule has 1 aromatic carbocycles. The number of pyridine rings is 1. The fourth-order valence-electron chi connectivity index (χ4n) is 2.11. The van der Waals surface area contributed by atoms with E-state index >= 15 is 0 Å². The Bertz CT molecular complexity index is 715. The van der Waals surface area contributed by atoms with E-state index in [9.17, 15) is 9.59 Å². The number of nitrogens with one attached hydrogen (secondary N) is 2. The summed E-state index contributed by atoms with van der Waals surface area (Å²) in [6, 6.07) is 9.72. The zero-order valence-electron chi connectivity index (χ0n) is 13.3. The lowest BCUT2D eigenvalue weighted by Gasteiger charge is -2.15. The number of nitrogens with zero attached hydrogens (tertiary/aromatic N) is 2. The lowest BCUT2D eigenvalue weighted by atomic mass is 10.1. The first-order valence-corrected chi connectivity index (χ1v) is 7.30. The average Bonchev–Trinajstić information content (AvgIpc) is 2.56. The van der Waals surface area contributed by atoms with Gasteiger partial charge in [0.1, 0.15) is 5.82 Å². The van der Waals surface area contributed by atoms with Gasteiger partial charge in [-0.3, -0.25) is 9.59 Å². The quantitative estimate of drug-likeness (QED) is 0.696. The highest BCUT2D eigenvalue weighted by Crippen LogP contribution is 2.21. The van der Waals surface area contributed by atoms with Crippen LogP contribution in [0.2, 0.25) is 0 Å². The Morgan fingerprint density at radius 3 is 2.61 bits per heavy atom. The molecule has 1 aromatic heterocycles. The molecule has 2 aromatic rings. The van der Waals surface area contributed by atoms with E-state index in [1.807, 2.05) is 49.3 Å². The van der Waals surface area contributed by atoms with Crippen molar-refractivity contribution in [2.75, 3.05) is 32.1 Å². The molecule has 0 bridgehead atoms. The molecule has 0 spiro atoms. The lowest BCUT2D eigenvalue weighted by Crippen LogP contribution is -2.39. The molecule has 0 radical (unpaired) electrons. The fraction of sp³-hybridized carbons (Fsp3) is 0.312. The minimum Gasteiger partial charge on any atom is -0.363 e. The van der Waals surface area contributed by atoms with Gasteiger partial charge < -0.3 is 21.3 Å². The number of aromatic nitrogens is 1. The molecule has 2 amide bonds. The third-order valence-electron chi connectivity index (χ3n) is 3.35. The van der Waals surface area contributed by atoms with E-state index in [1.165, 1.54) is 0 Å². The summed E-state index contributed by atoms with van der Waals surface area (Å²) in [5.41, 5.74) is 7.02. The monoisotopic (exact) mass is 315 g/mol. The molecule has 2 rings (SSSR count). The van der Waals surface area contributed by atoms with E-state index in [0.717, 1.165) is 22.3 Å². The molecule has 23 heavy (non-hydrogen) atoms. The SMILES string of the molecule is CN(C)c1cc(CNC(=O)CNC(=O)CN)c2ccccc2n1. The van der Waals surface area contributed by atoms with Crippen LogP contribution in [0.1, 0.15) is 5.56 Å². The van der Waals surface area contributed by atoms with Crippen LogP contribution in [0.15, 0.2) is 30.3 Å². The van der Waals surface area contributed by atoms with Crippen LogP contribution in [0.3, 0.4) is 0 Å². The van der Waals surface area contributed by atoms with Crippen LogP contribution in [-0.4, -0.2) is 44.0 Å². The maximum atomic E-state index is 11.8. The van der Waals surface area contributed by atoms with Crippen molar-refractivity contribution in [3.05, 3.63) is 35.9 Å². The van der Waals surface area contributed by atoms with Crippen molar-refractivity contribution >= 4 is 28.5 Å². The van der Waals surface area contributed by atoms with Crippen LogP contribution in [-0.2, 0) is 16.1 Å². The van der Waals surface area contributed by atoms with Crippen molar-refractivity contribution in [3.63, 3.8) is 0 Å². The van der Waals surface area contributed by atoms with Crippen LogP contribution in [0.5, 0.6) is 0 Å². The molecule has 7 heteroatoms. The number of fused-ring (bicyclic) bond motifs is 1. The van der Waals surface area contributed by atoms with Crippen LogP contribution in [0.4, 0.5) is 5.82 Å². The summed E-state index contributed by atoms with van der Waals surface area (Å²) in [5, 5.41) is 6.22. The maximum absolute atomic E-state index is 11.8. The van der Waals surface area contributed by atoms with Crippen molar-refractivity contribution in [3.8, 4) is 0 Å². The van der Waals surface area contributed by atoms with E-state index in [1.54, 1.807) is 0 Å². The number of amides is 2. The highest BCUT2D eigenvalue weighted by molar-refractivity contribution is 5.87. The number of carbonyl (C=O) groups excluding carboxylic acids is 2. The summed E-state index contributed by atoms with van der Waals surface area (Å²) in [5.74, 6) is 0.202. The minimum atomic E-state index is -0.357. The Balaban J connectivity index is 2.12. The number of carbonyl (C=O) groups is 2. The molecule has 0 unspecified atom stereocenters. The summed E-state index contributed by atoms with van der Waals surface area (Å²) in [7, 11) is 3.84. The number of hydrogen-bond donors (Lipinski definition) is 3. The standard InChI is InChI=1S/C16H21N5O2/c1-21(2)14-7-11(12-5-3-4-6-13(12)20-14)9-18-16(23)10-19-15(22)8-17/h3-7H,8-10,17H2,1-2H3,(H,18,23)(H,19,22). The second-order valence-electron chi connectivity index (χ2n) is 5.31. The van der Waals surface area contributed by atoms with Gasteiger partial charge in [-0.15, -0.1) is 0 Å². The zero-order chi connectivity index (χ0) is 16.8. The number of para-hydroxylation sites is 1. The Kier molecular flexibility index (Phi) is 5.48. The third kappa shape index (κ3) is 4.40. The molecule has 1 heterocycles.